The number of hydrogen-bond donors (Lipinski definition) is 0. The summed E-state index contributed by atoms with van der Waals surface area (Å²) in [4.78, 5) is 14.3. The Labute approximate surface area is 212 Å². The zero-order valence-electron chi connectivity index (χ0n) is 17.7. The number of amides is 1. The zero-order chi connectivity index (χ0) is 21.1. The molecule has 30 heavy (non-hydrogen) atoms. The topological polar surface area (TPSA) is 57.7 Å². The zero-order valence-corrected chi connectivity index (χ0v) is 21.3. The van der Waals surface area contributed by atoms with Crippen molar-refractivity contribution < 1.29 is 42.2 Å². The Morgan fingerprint density at radius 2 is 2.10 bits per heavy atom. The molecule has 0 aliphatic carbocycles. The van der Waals surface area contributed by atoms with Crippen LogP contribution in [0.1, 0.15) is 33.1 Å². The molecular formula is C22H27BClN3O2Y-2. The second-order valence-corrected chi connectivity index (χ2v) is 7.83. The van der Waals surface area contributed by atoms with E-state index in [9.17, 15) is 4.79 Å². The number of hydrogen-bond acceptors (Lipinski definition) is 2. The number of ether oxygens (including phenoxy) is 1. The maximum Gasteiger partial charge on any atom is 0.212 e. The molecule has 5 nitrogen and oxygen atoms in total. The standard InChI is InChI=1S/C22H27BClN3O2.Y/c1-22(2,11-3-13-24)12-4-17-29-19-8-6-18(7-9-19)27-16-10-20(21(27)28)25-14-5-15-26-23;/h5-9,14,20H,3,10-11,13,15-17H2,1-2H3;/q-2;/b14-5-;. The van der Waals surface area contributed by atoms with E-state index in [1.165, 1.54) is 0 Å². The predicted molar refractivity (Wildman–Crippen MR) is 121 cm³/mol. The van der Waals surface area contributed by atoms with Gasteiger partial charge in [-0.1, -0.05) is 11.8 Å². The van der Waals surface area contributed by atoms with Gasteiger partial charge in [0.05, 0.1) is 0 Å². The van der Waals surface area contributed by atoms with Crippen molar-refractivity contribution in [1.29, 1.82) is 0 Å². The molecule has 0 aromatic heterocycles. The largest absolute Gasteiger partial charge is 0.697 e. The van der Waals surface area contributed by atoms with Gasteiger partial charge >= 0.3 is 0 Å². The Balaban J connectivity index is 0.00000450. The maximum atomic E-state index is 12.5. The Morgan fingerprint density at radius 3 is 2.77 bits per heavy atom. The van der Waals surface area contributed by atoms with Crippen LogP contribution in [-0.4, -0.2) is 45.5 Å². The van der Waals surface area contributed by atoms with Crippen LogP contribution < -0.4 is 9.64 Å². The predicted octanol–water partition coefficient (Wildman–Crippen LogP) is 4.56. The molecule has 0 saturated carbocycles. The van der Waals surface area contributed by atoms with Gasteiger partial charge in [-0.3, -0.25) is 4.79 Å². The van der Waals surface area contributed by atoms with Gasteiger partial charge in [-0.15, -0.1) is 32.2 Å². The van der Waals surface area contributed by atoms with Crippen molar-refractivity contribution in [2.24, 2.45) is 5.41 Å². The van der Waals surface area contributed by atoms with Gasteiger partial charge in [-0.2, -0.15) is 6.20 Å². The van der Waals surface area contributed by atoms with Crippen molar-refractivity contribution in [1.82, 2.24) is 0 Å². The van der Waals surface area contributed by atoms with Crippen LogP contribution in [0.4, 0.5) is 5.69 Å². The quantitative estimate of drug-likeness (QED) is 0.269. The number of anilines is 1. The fraction of sp³-hybridized carbons (Fsp3) is 0.500. The summed E-state index contributed by atoms with van der Waals surface area (Å²) in [6.45, 7) is 5.58. The smallest absolute Gasteiger partial charge is 0.212 e. The average Bonchev–Trinajstić information content (AvgIpc) is 3.08. The Hall–Kier alpha value is -0.991. The molecule has 1 heterocycles. The van der Waals surface area contributed by atoms with Crippen LogP contribution >= 0.6 is 11.6 Å². The third kappa shape index (κ3) is 9.02. The molecule has 1 atom stereocenters. The fourth-order valence-corrected chi connectivity index (χ4v) is 3.15. The van der Waals surface area contributed by atoms with E-state index in [4.69, 9.17) is 24.3 Å². The molecule has 1 aromatic carbocycles. The van der Waals surface area contributed by atoms with Crippen LogP contribution in [0.3, 0.4) is 0 Å². The van der Waals surface area contributed by atoms with Crippen LogP contribution in [0.15, 0.2) is 36.5 Å². The molecule has 1 fully saturated rings. The third-order valence-corrected chi connectivity index (χ3v) is 4.85. The van der Waals surface area contributed by atoms with Gasteiger partial charge in [0, 0.05) is 56.2 Å². The molecule has 1 aromatic rings. The van der Waals surface area contributed by atoms with E-state index in [1.807, 2.05) is 24.3 Å². The minimum atomic E-state index is -0.350. The van der Waals surface area contributed by atoms with E-state index < -0.39 is 0 Å². The minimum Gasteiger partial charge on any atom is -0.697 e. The molecule has 3 radical (unpaired) electrons. The number of alkyl halides is 1. The number of halogens is 1. The van der Waals surface area contributed by atoms with Crippen LogP contribution in [0.25, 0.3) is 10.5 Å². The molecule has 1 amide bonds. The second-order valence-electron chi connectivity index (χ2n) is 7.45. The number of nitrogens with zero attached hydrogens (tertiary/aromatic N) is 3. The van der Waals surface area contributed by atoms with E-state index in [0.717, 1.165) is 24.3 Å². The SMILES string of the molecule is [B][N-]C/C=C\[N-]C1CCN(c2ccc(OCC#CC(C)(C)CCCCl)cc2)C1=O.[Y]. The van der Waals surface area contributed by atoms with Crippen LogP contribution in [-0.2, 0) is 37.5 Å². The Morgan fingerprint density at radius 1 is 1.37 bits per heavy atom. The maximum absolute atomic E-state index is 12.5. The van der Waals surface area contributed by atoms with Crippen molar-refractivity contribution in [3.63, 3.8) is 0 Å². The van der Waals surface area contributed by atoms with Gasteiger partial charge in [0.1, 0.15) is 12.4 Å². The molecule has 0 N–H and O–H groups in total. The molecule has 2 rings (SSSR count). The summed E-state index contributed by atoms with van der Waals surface area (Å²) < 4.78 is 5.70. The summed E-state index contributed by atoms with van der Waals surface area (Å²) in [7, 11) is 5.07. The molecule has 1 aliphatic rings. The summed E-state index contributed by atoms with van der Waals surface area (Å²) in [5, 5.41) is 7.76. The van der Waals surface area contributed by atoms with E-state index in [-0.39, 0.29) is 50.1 Å². The molecular weight excluding hydrogens is 473 g/mol. The van der Waals surface area contributed by atoms with Crippen LogP contribution in [0.5, 0.6) is 5.75 Å². The summed E-state index contributed by atoms with van der Waals surface area (Å²) in [5.74, 6) is 7.70. The Kier molecular flexibility index (Phi) is 12.7. The first-order valence-electron chi connectivity index (χ1n) is 9.79. The monoisotopic (exact) mass is 500 g/mol. The van der Waals surface area contributed by atoms with Gasteiger partial charge < -0.3 is 20.2 Å². The molecule has 1 unspecified atom stereocenters. The van der Waals surface area contributed by atoms with Gasteiger partial charge in [-0.05, 0) is 63.4 Å². The van der Waals surface area contributed by atoms with Crippen molar-refractivity contribution in [3.05, 3.63) is 47.1 Å². The van der Waals surface area contributed by atoms with Crippen LogP contribution in [0.2, 0.25) is 0 Å². The number of carbonyl (C=O) groups is 1. The van der Waals surface area contributed by atoms with Crippen molar-refractivity contribution in [3.8, 4) is 17.6 Å². The first-order chi connectivity index (χ1) is 14.0. The molecule has 0 bridgehead atoms. The number of benzene rings is 1. The third-order valence-electron chi connectivity index (χ3n) is 4.58. The minimum absolute atomic E-state index is 0. The van der Waals surface area contributed by atoms with E-state index in [1.54, 1.807) is 17.2 Å². The van der Waals surface area contributed by atoms with Crippen molar-refractivity contribution in [2.75, 3.05) is 30.5 Å². The van der Waals surface area contributed by atoms with Gasteiger partial charge in [0.2, 0.25) is 5.91 Å². The van der Waals surface area contributed by atoms with Crippen LogP contribution in [0, 0.1) is 17.3 Å². The summed E-state index contributed by atoms with van der Waals surface area (Å²) in [6, 6.07) is 7.14. The molecule has 8 heteroatoms. The number of carbonyl (C=O) groups excluding carboxylic acids is 1. The second kappa shape index (κ2) is 14.1. The van der Waals surface area contributed by atoms with Gasteiger partial charge in [0.15, 0.2) is 0 Å². The molecule has 0 spiro atoms. The first-order valence-corrected chi connectivity index (χ1v) is 10.3. The van der Waals surface area contributed by atoms with Gasteiger partial charge in [0.25, 0.3) is 0 Å². The average molecular weight is 501 g/mol. The number of rotatable bonds is 10. The molecule has 157 valence electrons. The Bertz CT molecular complexity index is 747. The van der Waals surface area contributed by atoms with E-state index >= 15 is 0 Å². The van der Waals surface area contributed by atoms with Gasteiger partial charge in [-0.25, -0.2) is 0 Å². The van der Waals surface area contributed by atoms with Crippen molar-refractivity contribution in [2.45, 2.75) is 39.2 Å². The summed E-state index contributed by atoms with van der Waals surface area (Å²) in [6.07, 6.45) is 5.94. The first kappa shape index (κ1) is 27.0. The molecule has 1 aliphatic heterocycles. The summed E-state index contributed by atoms with van der Waals surface area (Å²) in [5.41, 5.74) is 0.781. The fourth-order valence-electron chi connectivity index (χ4n) is 3.02. The van der Waals surface area contributed by atoms with Crippen molar-refractivity contribution >= 4 is 31.2 Å². The normalized spacial score (nSPS) is 16.2. The molecule has 1 saturated heterocycles. The van der Waals surface area contributed by atoms with E-state index in [0.29, 0.717) is 32.0 Å². The summed E-state index contributed by atoms with van der Waals surface area (Å²) >= 11 is 5.75. The van der Waals surface area contributed by atoms with E-state index in [2.05, 4.69) is 36.2 Å².